The molecule has 2 nitrogen and oxygen atoms in total. The Morgan fingerprint density at radius 3 is 2.35 bits per heavy atom. The fourth-order valence-electron chi connectivity index (χ4n) is 1.24. The number of benzene rings is 1. The van der Waals surface area contributed by atoms with Crippen LogP contribution in [-0.4, -0.2) is 23.9 Å². The van der Waals surface area contributed by atoms with Gasteiger partial charge < -0.3 is 4.74 Å². The number of carbonyl (C=O) groups is 1. The topological polar surface area (TPSA) is 26.3 Å². The maximum absolute atomic E-state index is 12.6. The van der Waals surface area contributed by atoms with Crippen LogP contribution in [0.4, 0.5) is 22.0 Å². The van der Waals surface area contributed by atoms with Gasteiger partial charge in [-0.25, -0.2) is 0 Å². The van der Waals surface area contributed by atoms with Crippen LogP contribution < -0.4 is 0 Å². The molecule has 1 rings (SSSR count). The molecule has 0 aromatic heterocycles. The third-order valence-corrected chi connectivity index (χ3v) is 2.93. The Bertz CT molecular complexity index is 504. The molecule has 1 aromatic carbocycles. The van der Waals surface area contributed by atoms with E-state index in [-0.39, 0.29) is 11.1 Å². The van der Waals surface area contributed by atoms with Crippen LogP contribution in [-0.2, 0) is 11.3 Å². The Hall–Kier alpha value is -0.730. The van der Waals surface area contributed by atoms with Crippen LogP contribution >= 0.6 is 27.5 Å². The zero-order chi connectivity index (χ0) is 15.6. The standard InChI is InChI=1S/C11H7BrClF5O2/c12-7-1-2-8(9(13)19)6(3-7)4-20-5-10(14,15)11(16,17)18/h1-3H,4-5H2. The van der Waals surface area contributed by atoms with Crippen molar-refractivity contribution in [2.24, 2.45) is 0 Å². The van der Waals surface area contributed by atoms with Crippen molar-refractivity contribution < 1.29 is 31.5 Å². The molecule has 0 fully saturated rings. The van der Waals surface area contributed by atoms with Crippen molar-refractivity contribution in [3.63, 3.8) is 0 Å². The van der Waals surface area contributed by atoms with Crippen molar-refractivity contribution in [1.82, 2.24) is 0 Å². The summed E-state index contributed by atoms with van der Waals surface area (Å²) in [6, 6.07) is 4.13. The highest BCUT2D eigenvalue weighted by atomic mass is 79.9. The zero-order valence-electron chi connectivity index (χ0n) is 9.61. The van der Waals surface area contributed by atoms with Gasteiger partial charge in [-0.05, 0) is 35.4 Å². The fourth-order valence-corrected chi connectivity index (χ4v) is 1.84. The predicted octanol–water partition coefficient (Wildman–Crippen LogP) is 4.54. The Labute approximate surface area is 124 Å². The summed E-state index contributed by atoms with van der Waals surface area (Å²) in [6.07, 6.45) is -5.69. The second kappa shape index (κ2) is 6.36. The van der Waals surface area contributed by atoms with E-state index in [0.717, 1.165) is 0 Å². The van der Waals surface area contributed by atoms with Crippen LogP contribution in [0, 0.1) is 0 Å². The average Bonchev–Trinajstić information content (AvgIpc) is 2.26. The minimum Gasteiger partial charge on any atom is -0.370 e. The third kappa shape index (κ3) is 4.39. The van der Waals surface area contributed by atoms with Crippen LogP contribution in [0.15, 0.2) is 22.7 Å². The molecule has 0 atom stereocenters. The summed E-state index contributed by atoms with van der Waals surface area (Å²) < 4.78 is 65.8. The molecule has 0 N–H and O–H groups in total. The highest BCUT2D eigenvalue weighted by Crippen LogP contribution is 2.35. The molecule has 0 spiro atoms. The number of rotatable bonds is 5. The minimum absolute atomic E-state index is 0.0230. The summed E-state index contributed by atoms with van der Waals surface area (Å²) in [5, 5.41) is -0.862. The molecular weight excluding hydrogens is 374 g/mol. The number of carbonyl (C=O) groups excluding carboxylic acids is 1. The van der Waals surface area contributed by atoms with Crippen LogP contribution in [0.1, 0.15) is 15.9 Å². The summed E-state index contributed by atoms with van der Waals surface area (Å²) in [6.45, 7) is -2.43. The van der Waals surface area contributed by atoms with E-state index in [1.807, 2.05) is 0 Å². The second-order valence-electron chi connectivity index (χ2n) is 3.77. The number of hydrogen-bond donors (Lipinski definition) is 0. The summed E-state index contributed by atoms with van der Waals surface area (Å²) in [7, 11) is 0. The van der Waals surface area contributed by atoms with Gasteiger partial charge in [0.15, 0.2) is 0 Å². The van der Waals surface area contributed by atoms with Crippen molar-refractivity contribution in [2.75, 3.05) is 6.61 Å². The van der Waals surface area contributed by atoms with Crippen LogP contribution in [0.3, 0.4) is 0 Å². The quantitative estimate of drug-likeness (QED) is 0.553. The number of alkyl halides is 5. The summed E-state index contributed by atoms with van der Waals surface area (Å²) in [5.74, 6) is -4.95. The first kappa shape index (κ1) is 17.3. The number of ether oxygens (including phenoxy) is 1. The normalized spacial score (nSPS) is 12.6. The van der Waals surface area contributed by atoms with E-state index in [1.54, 1.807) is 0 Å². The van der Waals surface area contributed by atoms with E-state index in [2.05, 4.69) is 20.7 Å². The van der Waals surface area contributed by atoms with Crippen molar-refractivity contribution in [2.45, 2.75) is 18.7 Å². The monoisotopic (exact) mass is 380 g/mol. The summed E-state index contributed by atoms with van der Waals surface area (Å²) in [4.78, 5) is 11.1. The van der Waals surface area contributed by atoms with Gasteiger partial charge in [0.1, 0.15) is 6.61 Å². The SMILES string of the molecule is O=C(Cl)c1ccc(Br)cc1COCC(F)(F)C(F)(F)F. The van der Waals surface area contributed by atoms with Crippen LogP contribution in [0.2, 0.25) is 0 Å². The third-order valence-electron chi connectivity index (χ3n) is 2.23. The van der Waals surface area contributed by atoms with Crippen molar-refractivity contribution in [1.29, 1.82) is 0 Å². The first-order valence-electron chi connectivity index (χ1n) is 5.05. The summed E-state index contributed by atoms with van der Waals surface area (Å²) >= 11 is 8.33. The zero-order valence-corrected chi connectivity index (χ0v) is 12.0. The maximum Gasteiger partial charge on any atom is 0.455 e. The van der Waals surface area contributed by atoms with E-state index < -0.39 is 30.6 Å². The maximum atomic E-state index is 12.6. The Kier molecular flexibility index (Phi) is 5.51. The van der Waals surface area contributed by atoms with E-state index in [0.29, 0.717) is 4.47 Å². The Morgan fingerprint density at radius 1 is 1.25 bits per heavy atom. The van der Waals surface area contributed by atoms with Crippen LogP contribution in [0.25, 0.3) is 0 Å². The van der Waals surface area contributed by atoms with Gasteiger partial charge in [-0.3, -0.25) is 4.79 Å². The van der Waals surface area contributed by atoms with E-state index in [4.69, 9.17) is 11.6 Å². The van der Waals surface area contributed by atoms with E-state index in [1.165, 1.54) is 18.2 Å². The summed E-state index contributed by atoms with van der Waals surface area (Å²) in [5.41, 5.74) is 0.0857. The fraction of sp³-hybridized carbons (Fsp3) is 0.364. The van der Waals surface area contributed by atoms with Gasteiger partial charge in [-0.1, -0.05) is 15.9 Å². The second-order valence-corrected chi connectivity index (χ2v) is 5.03. The van der Waals surface area contributed by atoms with Gasteiger partial charge in [-0.2, -0.15) is 22.0 Å². The van der Waals surface area contributed by atoms with Gasteiger partial charge in [0.05, 0.1) is 6.61 Å². The van der Waals surface area contributed by atoms with Gasteiger partial charge in [0.25, 0.3) is 5.24 Å². The molecule has 112 valence electrons. The smallest absolute Gasteiger partial charge is 0.370 e. The molecular formula is C11H7BrClF5O2. The molecule has 1 aromatic rings. The molecule has 0 amide bonds. The van der Waals surface area contributed by atoms with Crippen molar-refractivity contribution >= 4 is 32.8 Å². The lowest BCUT2D eigenvalue weighted by atomic mass is 10.1. The largest absolute Gasteiger partial charge is 0.455 e. The Balaban J connectivity index is 2.76. The van der Waals surface area contributed by atoms with E-state index in [9.17, 15) is 26.7 Å². The van der Waals surface area contributed by atoms with Gasteiger partial charge in [-0.15, -0.1) is 0 Å². The van der Waals surface area contributed by atoms with Gasteiger partial charge in [0.2, 0.25) is 0 Å². The average molecular weight is 382 g/mol. The first-order valence-corrected chi connectivity index (χ1v) is 6.22. The van der Waals surface area contributed by atoms with Crippen LogP contribution in [0.5, 0.6) is 0 Å². The Morgan fingerprint density at radius 2 is 1.85 bits per heavy atom. The molecule has 0 radical (unpaired) electrons. The molecule has 0 aliphatic heterocycles. The molecule has 0 saturated heterocycles. The van der Waals surface area contributed by atoms with Crippen molar-refractivity contribution in [3.8, 4) is 0 Å². The van der Waals surface area contributed by atoms with Gasteiger partial charge in [0, 0.05) is 10.0 Å². The molecule has 9 heteroatoms. The minimum atomic E-state index is -5.69. The molecule has 0 saturated carbocycles. The van der Waals surface area contributed by atoms with Crippen molar-refractivity contribution in [3.05, 3.63) is 33.8 Å². The predicted molar refractivity (Wildman–Crippen MR) is 65.0 cm³/mol. The number of halogens is 7. The molecule has 0 bridgehead atoms. The highest BCUT2D eigenvalue weighted by Gasteiger charge is 2.57. The molecule has 0 unspecified atom stereocenters. The van der Waals surface area contributed by atoms with E-state index >= 15 is 0 Å². The molecule has 20 heavy (non-hydrogen) atoms. The lowest BCUT2D eigenvalue weighted by Gasteiger charge is -2.19. The van der Waals surface area contributed by atoms with Gasteiger partial charge >= 0.3 is 12.1 Å². The first-order chi connectivity index (χ1) is 9.04. The lowest BCUT2D eigenvalue weighted by molar-refractivity contribution is -0.297. The highest BCUT2D eigenvalue weighted by molar-refractivity contribution is 9.10. The molecule has 0 heterocycles. The number of hydrogen-bond acceptors (Lipinski definition) is 2. The lowest BCUT2D eigenvalue weighted by Crippen LogP contribution is -2.40. The molecule has 0 aliphatic rings. The molecule has 0 aliphatic carbocycles.